The Bertz CT molecular complexity index is 1130. The molecule has 2 aromatic heterocycles. The Morgan fingerprint density at radius 3 is 2.73 bits per heavy atom. The van der Waals surface area contributed by atoms with Crippen molar-refractivity contribution in [2.75, 3.05) is 5.32 Å². The molecule has 4 rings (SSSR count). The van der Waals surface area contributed by atoms with E-state index in [-0.39, 0.29) is 16.9 Å². The van der Waals surface area contributed by atoms with Gasteiger partial charge in [0.15, 0.2) is 11.5 Å². The first-order valence-corrected chi connectivity index (χ1v) is 10.7. The molecule has 1 atom stereocenters. The van der Waals surface area contributed by atoms with Crippen LogP contribution in [0.2, 0.25) is 0 Å². The van der Waals surface area contributed by atoms with E-state index >= 15 is 0 Å². The van der Waals surface area contributed by atoms with Gasteiger partial charge in [0.2, 0.25) is 0 Å². The molecule has 3 aromatic rings. The Hall–Kier alpha value is -2.98. The van der Waals surface area contributed by atoms with Crippen LogP contribution in [0.15, 0.2) is 34.9 Å². The number of fused-ring (bicyclic) bond motifs is 1. The van der Waals surface area contributed by atoms with Crippen LogP contribution in [-0.4, -0.2) is 11.1 Å². The number of carbonyl (C=O) groups excluding carboxylic acids is 1. The van der Waals surface area contributed by atoms with Gasteiger partial charge in [0, 0.05) is 16.5 Å². The molecule has 1 aromatic carbocycles. The van der Waals surface area contributed by atoms with E-state index in [0.717, 1.165) is 24.8 Å². The lowest BCUT2D eigenvalue weighted by atomic mass is 9.72. The van der Waals surface area contributed by atoms with E-state index in [1.165, 1.54) is 34.4 Å². The molecule has 2 heterocycles. The predicted molar refractivity (Wildman–Crippen MR) is 114 cm³/mol. The molecular formula is C23H22FN3O2S. The molecule has 1 aliphatic carbocycles. The third-order valence-electron chi connectivity index (χ3n) is 5.70. The van der Waals surface area contributed by atoms with Gasteiger partial charge >= 0.3 is 0 Å². The van der Waals surface area contributed by atoms with Crippen LogP contribution in [0.1, 0.15) is 53.7 Å². The second-order valence-electron chi connectivity index (χ2n) is 8.66. The summed E-state index contributed by atoms with van der Waals surface area (Å²) in [5, 5.41) is 16.9. The molecule has 0 saturated heterocycles. The largest absolute Gasteiger partial charge is 0.355 e. The van der Waals surface area contributed by atoms with Gasteiger partial charge in [-0.2, -0.15) is 5.26 Å². The van der Waals surface area contributed by atoms with Gasteiger partial charge < -0.3 is 9.84 Å². The minimum absolute atomic E-state index is 0.108. The highest BCUT2D eigenvalue weighted by Crippen LogP contribution is 2.44. The van der Waals surface area contributed by atoms with Crippen LogP contribution in [-0.2, 0) is 12.8 Å². The molecule has 1 unspecified atom stereocenters. The molecule has 0 radical (unpaired) electrons. The lowest BCUT2D eigenvalue weighted by Gasteiger charge is -2.33. The standard InChI is InChI=1S/C23H22FN3O2S/c1-23(2,3)14-6-9-16-17(12-25)22(30-20(16)10-14)26-21(28)18-11-19(29-27-18)13-4-7-15(24)8-5-13/h4-5,7-8,11,14H,6,9-10H2,1-3H3,(H,26,28). The number of benzene rings is 1. The van der Waals surface area contributed by atoms with E-state index < -0.39 is 5.91 Å². The number of thiophene rings is 1. The molecule has 30 heavy (non-hydrogen) atoms. The number of nitrogens with zero attached hydrogens (tertiary/aromatic N) is 2. The van der Waals surface area contributed by atoms with Crippen molar-refractivity contribution in [2.45, 2.75) is 40.0 Å². The predicted octanol–water partition coefficient (Wildman–Crippen LogP) is 5.82. The van der Waals surface area contributed by atoms with Gasteiger partial charge in [0.25, 0.3) is 5.91 Å². The average Bonchev–Trinajstić information content (AvgIpc) is 3.31. The maximum absolute atomic E-state index is 13.1. The van der Waals surface area contributed by atoms with Crippen molar-refractivity contribution in [2.24, 2.45) is 11.3 Å². The minimum Gasteiger partial charge on any atom is -0.355 e. The third-order valence-corrected chi connectivity index (χ3v) is 6.87. The summed E-state index contributed by atoms with van der Waals surface area (Å²) in [5.74, 6) is 0.136. The molecule has 0 fully saturated rings. The van der Waals surface area contributed by atoms with Gasteiger partial charge in [-0.25, -0.2) is 4.39 Å². The van der Waals surface area contributed by atoms with Crippen LogP contribution in [0.4, 0.5) is 9.39 Å². The molecule has 7 heteroatoms. The summed E-state index contributed by atoms with van der Waals surface area (Å²) < 4.78 is 18.3. The van der Waals surface area contributed by atoms with Crippen LogP contribution < -0.4 is 5.32 Å². The fraction of sp³-hybridized carbons (Fsp3) is 0.348. The second-order valence-corrected chi connectivity index (χ2v) is 9.77. The second kappa shape index (κ2) is 7.69. The fourth-order valence-corrected chi connectivity index (χ4v) is 5.10. The molecule has 1 N–H and O–H groups in total. The summed E-state index contributed by atoms with van der Waals surface area (Å²) in [6.07, 6.45) is 2.82. The zero-order valence-corrected chi connectivity index (χ0v) is 17.9. The first-order valence-electron chi connectivity index (χ1n) is 9.85. The molecule has 154 valence electrons. The number of carbonyl (C=O) groups is 1. The first kappa shape index (κ1) is 20.3. The Balaban J connectivity index is 1.55. The van der Waals surface area contributed by atoms with Crippen molar-refractivity contribution >= 4 is 22.2 Å². The number of nitrogens with one attached hydrogen (secondary N) is 1. The van der Waals surface area contributed by atoms with E-state index in [1.54, 1.807) is 12.1 Å². The minimum atomic E-state index is -0.436. The molecule has 0 bridgehead atoms. The number of hydrogen-bond donors (Lipinski definition) is 1. The summed E-state index contributed by atoms with van der Waals surface area (Å²) in [6.45, 7) is 6.73. The normalized spacial score (nSPS) is 16.0. The zero-order valence-electron chi connectivity index (χ0n) is 17.1. The summed E-state index contributed by atoms with van der Waals surface area (Å²) in [5.41, 5.74) is 2.55. The maximum Gasteiger partial charge on any atom is 0.278 e. The number of rotatable bonds is 3. The summed E-state index contributed by atoms with van der Waals surface area (Å²) >= 11 is 1.48. The Morgan fingerprint density at radius 1 is 1.33 bits per heavy atom. The molecule has 0 aliphatic heterocycles. The zero-order chi connectivity index (χ0) is 21.5. The topological polar surface area (TPSA) is 78.9 Å². The number of amides is 1. The van der Waals surface area contributed by atoms with E-state index in [4.69, 9.17) is 4.52 Å². The van der Waals surface area contributed by atoms with E-state index in [0.29, 0.717) is 27.8 Å². The highest BCUT2D eigenvalue weighted by atomic mass is 32.1. The Labute approximate surface area is 178 Å². The monoisotopic (exact) mass is 423 g/mol. The summed E-state index contributed by atoms with van der Waals surface area (Å²) in [6, 6.07) is 9.53. The van der Waals surface area contributed by atoms with Gasteiger partial charge in [-0.15, -0.1) is 11.3 Å². The molecule has 1 aliphatic rings. The van der Waals surface area contributed by atoms with E-state index in [1.807, 2.05) is 0 Å². The van der Waals surface area contributed by atoms with Crippen molar-refractivity contribution < 1.29 is 13.7 Å². The number of nitriles is 1. The number of hydrogen-bond acceptors (Lipinski definition) is 5. The highest BCUT2D eigenvalue weighted by molar-refractivity contribution is 7.16. The van der Waals surface area contributed by atoms with Gasteiger partial charge in [-0.1, -0.05) is 25.9 Å². The Morgan fingerprint density at radius 2 is 2.07 bits per heavy atom. The summed E-state index contributed by atoms with van der Waals surface area (Å²) in [7, 11) is 0. The van der Waals surface area contributed by atoms with Crippen LogP contribution in [0.3, 0.4) is 0 Å². The Kier molecular flexibility index (Phi) is 5.20. The number of halogens is 1. The summed E-state index contributed by atoms with van der Waals surface area (Å²) in [4.78, 5) is 13.9. The van der Waals surface area contributed by atoms with Gasteiger partial charge in [-0.05, 0) is 60.4 Å². The average molecular weight is 424 g/mol. The quantitative estimate of drug-likeness (QED) is 0.576. The van der Waals surface area contributed by atoms with Crippen molar-refractivity contribution in [3.63, 3.8) is 0 Å². The fourth-order valence-electron chi connectivity index (χ4n) is 3.83. The van der Waals surface area contributed by atoms with Crippen LogP contribution >= 0.6 is 11.3 Å². The smallest absolute Gasteiger partial charge is 0.278 e. The molecule has 0 spiro atoms. The lowest BCUT2D eigenvalue weighted by molar-refractivity contribution is 0.101. The van der Waals surface area contributed by atoms with E-state index in [2.05, 4.69) is 37.3 Å². The lowest BCUT2D eigenvalue weighted by Crippen LogP contribution is -2.26. The van der Waals surface area contributed by atoms with Crippen molar-refractivity contribution in [1.29, 1.82) is 5.26 Å². The first-order chi connectivity index (χ1) is 14.3. The third kappa shape index (κ3) is 3.88. The SMILES string of the molecule is CC(C)(C)C1CCc2c(sc(NC(=O)c3cc(-c4ccc(F)cc4)on3)c2C#N)C1. The van der Waals surface area contributed by atoms with Gasteiger partial charge in [0.1, 0.15) is 16.9 Å². The molecule has 0 saturated carbocycles. The van der Waals surface area contributed by atoms with Gasteiger partial charge in [0.05, 0.1) is 5.56 Å². The van der Waals surface area contributed by atoms with Crippen LogP contribution in [0.25, 0.3) is 11.3 Å². The van der Waals surface area contributed by atoms with Crippen molar-refractivity contribution in [3.8, 4) is 17.4 Å². The molecule has 1 amide bonds. The molecular weight excluding hydrogens is 401 g/mol. The highest BCUT2D eigenvalue weighted by Gasteiger charge is 2.32. The van der Waals surface area contributed by atoms with Gasteiger partial charge in [-0.3, -0.25) is 4.79 Å². The number of anilines is 1. The van der Waals surface area contributed by atoms with Crippen LogP contribution in [0, 0.1) is 28.5 Å². The van der Waals surface area contributed by atoms with Crippen molar-refractivity contribution in [1.82, 2.24) is 5.16 Å². The van der Waals surface area contributed by atoms with E-state index in [9.17, 15) is 14.4 Å². The molecule has 5 nitrogen and oxygen atoms in total. The van der Waals surface area contributed by atoms with Crippen molar-refractivity contribution in [3.05, 3.63) is 57.8 Å². The maximum atomic E-state index is 13.1. The van der Waals surface area contributed by atoms with Crippen LogP contribution in [0.5, 0.6) is 0 Å². The number of aromatic nitrogens is 1.